The predicted molar refractivity (Wildman–Crippen MR) is 75.6 cm³/mol. The predicted octanol–water partition coefficient (Wildman–Crippen LogP) is -3.69. The van der Waals surface area contributed by atoms with E-state index >= 15 is 0 Å². The van der Waals surface area contributed by atoms with Crippen LogP contribution in [0.3, 0.4) is 0 Å². The van der Waals surface area contributed by atoms with Gasteiger partial charge in [0, 0.05) is 8.41 Å². The molecule has 0 bridgehead atoms. The number of halogens is 2. The number of allylic oxidation sites excluding steroid dienone is 1. The van der Waals surface area contributed by atoms with Crippen molar-refractivity contribution in [3.8, 4) is 0 Å². The number of rotatable bonds is 1. The maximum Gasteiger partial charge on any atom is 0.236 e. The average molecular weight is 363 g/mol. The minimum Gasteiger partial charge on any atom is -1.00 e. The van der Waals surface area contributed by atoms with Gasteiger partial charge in [-0.3, -0.25) is 4.79 Å². The molecular weight excluding hydrogens is 345 g/mol. The Hall–Kier alpha value is -0.189. The van der Waals surface area contributed by atoms with Crippen molar-refractivity contribution >= 4 is 26.1 Å². The van der Waals surface area contributed by atoms with Crippen molar-refractivity contribution in [3.63, 3.8) is 0 Å². The minimum absolute atomic E-state index is 0. The van der Waals surface area contributed by atoms with Gasteiger partial charge in [0.25, 0.3) is 0 Å². The third kappa shape index (κ3) is 7.00. The summed E-state index contributed by atoms with van der Waals surface area (Å²) in [6.45, 7) is 6.22. The van der Waals surface area contributed by atoms with Crippen LogP contribution in [-0.4, -0.2) is 20.0 Å². The average Bonchev–Trinajstić information content (AvgIpc) is 2.54. The molecule has 0 saturated heterocycles. The Kier molecular flexibility index (Phi) is 11.6. The molecule has 1 aromatic carbocycles. The summed E-state index contributed by atoms with van der Waals surface area (Å²) in [5.41, 5.74) is 10.8. The van der Waals surface area contributed by atoms with Gasteiger partial charge in [-0.15, -0.1) is 0 Å². The summed E-state index contributed by atoms with van der Waals surface area (Å²) < 4.78 is 0.631. The maximum absolute atomic E-state index is 10.0. The van der Waals surface area contributed by atoms with Crippen LogP contribution >= 0.6 is 0 Å². The molecule has 1 aliphatic carbocycles. The molecule has 107 valence electrons. The fourth-order valence-electron chi connectivity index (χ4n) is 1.76. The van der Waals surface area contributed by atoms with Crippen LogP contribution in [0.4, 0.5) is 0 Å². The minimum atomic E-state index is -0.534. The Morgan fingerprint density at radius 1 is 1.30 bits per heavy atom. The Bertz CT molecular complexity index is 514. The summed E-state index contributed by atoms with van der Waals surface area (Å²) in [6.07, 6.45) is 2.28. The third-order valence-corrected chi connectivity index (χ3v) is 4.64. The molecule has 0 spiro atoms. The van der Waals surface area contributed by atoms with Crippen LogP contribution in [0.5, 0.6) is 0 Å². The number of nitrogens with two attached hydrogens (primary N) is 1. The molecule has 1 aliphatic rings. The van der Waals surface area contributed by atoms with E-state index in [-0.39, 0.29) is 30.7 Å². The molecule has 0 heterocycles. The van der Waals surface area contributed by atoms with E-state index in [4.69, 9.17) is 5.73 Å². The van der Waals surface area contributed by atoms with Crippen molar-refractivity contribution in [1.82, 2.24) is 0 Å². The molecule has 1 unspecified atom stereocenters. The molecule has 0 aromatic heterocycles. The van der Waals surface area contributed by atoms with E-state index in [1.165, 1.54) is 16.7 Å². The summed E-state index contributed by atoms with van der Waals surface area (Å²) >= 11 is 2.26. The second kappa shape index (κ2) is 10.5. The van der Waals surface area contributed by atoms with Crippen molar-refractivity contribution in [3.05, 3.63) is 41.0 Å². The zero-order valence-corrected chi connectivity index (χ0v) is 15.9. The van der Waals surface area contributed by atoms with Gasteiger partial charge in [0.1, 0.15) is 0 Å². The van der Waals surface area contributed by atoms with Crippen LogP contribution in [0.1, 0.15) is 22.3 Å². The second-order valence-corrected chi connectivity index (χ2v) is 7.92. The number of amides is 1. The largest absolute Gasteiger partial charge is 1.00 e. The summed E-state index contributed by atoms with van der Waals surface area (Å²) in [7, 11) is -0.534. The summed E-state index contributed by atoms with van der Waals surface area (Å²) in [6, 6.07) is 8.61. The Labute approximate surface area is 146 Å². The van der Waals surface area contributed by atoms with Gasteiger partial charge < -0.3 is 30.5 Å². The van der Waals surface area contributed by atoms with E-state index in [0.29, 0.717) is 4.22 Å². The second-order valence-electron chi connectivity index (χ2n) is 4.57. The molecular formula is C14H18Cl2NOSiTi. The Balaban J connectivity index is 0. The maximum atomic E-state index is 10.0. The zero-order chi connectivity index (χ0) is 13.7. The van der Waals surface area contributed by atoms with E-state index < -0.39 is 8.41 Å². The quantitative estimate of drug-likeness (QED) is 0.514. The van der Waals surface area contributed by atoms with E-state index in [1.807, 2.05) is 13.1 Å². The third-order valence-electron chi connectivity index (χ3n) is 2.58. The number of carbonyl (C=O) groups excluding carboxylic acids is 1. The first kappa shape index (κ1) is 22.1. The summed E-state index contributed by atoms with van der Waals surface area (Å²) in [4.78, 5) is 10.0. The molecule has 1 amide bonds. The monoisotopic (exact) mass is 362 g/mol. The molecule has 0 aliphatic heterocycles. The SMILES string of the molecule is CC1=Cc2ccccc2[CH]1[Ti+2].C[Si](C)=CC(N)=O.[Cl-].[Cl-]. The van der Waals surface area contributed by atoms with Gasteiger partial charge in [-0.25, -0.2) is 0 Å². The van der Waals surface area contributed by atoms with Crippen molar-refractivity contribution in [2.24, 2.45) is 5.73 Å². The molecule has 0 radical (unpaired) electrons. The van der Waals surface area contributed by atoms with Gasteiger partial charge in [0.15, 0.2) is 0 Å². The van der Waals surface area contributed by atoms with Crippen molar-refractivity contribution in [1.29, 1.82) is 0 Å². The Morgan fingerprint density at radius 3 is 2.25 bits per heavy atom. The van der Waals surface area contributed by atoms with Gasteiger partial charge in [0.05, 0.1) is 0 Å². The summed E-state index contributed by atoms with van der Waals surface area (Å²) in [5.74, 6) is -0.293. The summed E-state index contributed by atoms with van der Waals surface area (Å²) in [5, 5.41) is 0. The topological polar surface area (TPSA) is 43.1 Å². The number of fused-ring (bicyclic) bond motifs is 1. The molecule has 2 N–H and O–H groups in total. The molecule has 0 fully saturated rings. The van der Waals surface area contributed by atoms with Crippen molar-refractivity contribution in [2.75, 3.05) is 0 Å². The first-order valence-corrected chi connectivity index (χ1v) is 9.32. The van der Waals surface area contributed by atoms with Gasteiger partial charge in [-0.2, -0.15) is 0 Å². The van der Waals surface area contributed by atoms with E-state index in [9.17, 15) is 4.79 Å². The molecule has 0 saturated carbocycles. The number of hydrogen-bond donors (Lipinski definition) is 1. The van der Waals surface area contributed by atoms with Crippen LogP contribution in [0.15, 0.2) is 29.8 Å². The van der Waals surface area contributed by atoms with Crippen LogP contribution in [0, 0.1) is 0 Å². The smallest absolute Gasteiger partial charge is 0.236 e. The van der Waals surface area contributed by atoms with Crippen LogP contribution < -0.4 is 30.5 Å². The standard InChI is InChI=1S/C10H9.C4H9NOSi.2ClH.Ti/c1-8-6-9-4-2-3-5-10(9)7-8;1-7(2)3-4(5)6;;;/h2-7H,1H3;3H,1-2H3,(H2,5,6);2*1H;/q;;;;+2/p-2. The van der Waals surface area contributed by atoms with Crippen LogP contribution in [-0.2, 0) is 25.2 Å². The van der Waals surface area contributed by atoms with Gasteiger partial charge in [0.2, 0.25) is 5.91 Å². The molecule has 6 heteroatoms. The van der Waals surface area contributed by atoms with E-state index in [1.54, 1.807) is 5.67 Å². The molecule has 1 atom stereocenters. The molecule has 20 heavy (non-hydrogen) atoms. The van der Waals surface area contributed by atoms with E-state index in [0.717, 1.165) is 0 Å². The fraction of sp³-hybridized carbons (Fsp3) is 0.286. The number of hydrogen-bond acceptors (Lipinski definition) is 1. The Morgan fingerprint density at radius 2 is 1.85 bits per heavy atom. The van der Waals surface area contributed by atoms with Crippen molar-refractivity contribution < 1.29 is 50.0 Å². The normalized spacial score (nSPS) is 14.4. The van der Waals surface area contributed by atoms with Gasteiger partial charge in [-0.1, -0.05) is 13.1 Å². The van der Waals surface area contributed by atoms with E-state index in [2.05, 4.69) is 57.7 Å². The first-order chi connectivity index (χ1) is 8.41. The number of primary amides is 1. The van der Waals surface area contributed by atoms with Gasteiger partial charge >= 0.3 is 78.6 Å². The van der Waals surface area contributed by atoms with Crippen molar-refractivity contribution in [2.45, 2.75) is 24.2 Å². The zero-order valence-electron chi connectivity index (χ0n) is 11.8. The first-order valence-electron chi connectivity index (χ1n) is 5.84. The fourth-order valence-corrected chi connectivity index (χ4v) is 2.87. The molecule has 1 aromatic rings. The molecule has 2 nitrogen and oxygen atoms in total. The number of benzene rings is 1. The van der Waals surface area contributed by atoms with Gasteiger partial charge in [-0.05, 0) is 5.67 Å². The molecule has 2 rings (SSSR count). The van der Waals surface area contributed by atoms with Crippen LogP contribution in [0.2, 0.25) is 13.1 Å². The number of carbonyl (C=O) groups is 1. The van der Waals surface area contributed by atoms with Crippen LogP contribution in [0.25, 0.3) is 6.08 Å².